The topological polar surface area (TPSA) is 63.9 Å². The number of benzene rings is 1. The molecule has 130 valence electrons. The maximum atomic E-state index is 13.1. The summed E-state index contributed by atoms with van der Waals surface area (Å²) in [6.45, 7) is 6.26. The molecule has 0 saturated heterocycles. The van der Waals surface area contributed by atoms with Crippen LogP contribution >= 0.6 is 0 Å². The first-order chi connectivity index (χ1) is 11.8. The molecule has 0 N–H and O–H groups in total. The molecule has 7 heteroatoms. The average molecular weight is 341 g/mol. The maximum Gasteiger partial charge on any atom is 0.256 e. The summed E-state index contributed by atoms with van der Waals surface area (Å²) in [5, 5.41) is 7.92. The highest BCUT2D eigenvalue weighted by molar-refractivity contribution is 5.96. The van der Waals surface area contributed by atoms with Gasteiger partial charge in [0.15, 0.2) is 5.65 Å². The number of hydrogen-bond acceptors (Lipinski definition) is 4. The molecule has 0 bridgehead atoms. The molecule has 0 aliphatic carbocycles. The van der Waals surface area contributed by atoms with Crippen molar-refractivity contribution in [3.05, 3.63) is 53.5 Å². The number of carbonyl (C=O) groups excluding carboxylic acids is 1. The fourth-order valence-corrected chi connectivity index (χ4v) is 2.59. The largest absolute Gasteiger partial charge is 0.329 e. The van der Waals surface area contributed by atoms with E-state index in [2.05, 4.69) is 15.3 Å². The molecule has 0 unspecified atom stereocenters. The summed E-state index contributed by atoms with van der Waals surface area (Å²) in [6, 6.07) is 7.86. The first kappa shape index (κ1) is 17.0. The molecule has 6 nitrogen and oxygen atoms in total. The van der Waals surface area contributed by atoms with Gasteiger partial charge in [0.2, 0.25) is 0 Å². The fraction of sp³-hybridized carbons (Fsp3) is 0.333. The van der Waals surface area contributed by atoms with Crippen LogP contribution in [0.1, 0.15) is 36.7 Å². The zero-order valence-electron chi connectivity index (χ0n) is 14.7. The lowest BCUT2D eigenvalue weighted by Gasteiger charge is -2.36. The molecule has 1 amide bonds. The van der Waals surface area contributed by atoms with Crippen LogP contribution in [0.25, 0.3) is 11.2 Å². The molecule has 3 rings (SSSR count). The third-order valence-electron chi connectivity index (χ3n) is 4.00. The number of pyridine rings is 1. The molecule has 0 atom stereocenters. The van der Waals surface area contributed by atoms with Crippen molar-refractivity contribution in [3.8, 4) is 0 Å². The first-order valence-electron chi connectivity index (χ1n) is 7.97. The van der Waals surface area contributed by atoms with Crippen molar-refractivity contribution in [2.45, 2.75) is 32.9 Å². The molecule has 0 radical (unpaired) electrons. The Kier molecular flexibility index (Phi) is 4.24. The Bertz CT molecular complexity index is 911. The number of nitrogens with zero attached hydrogens (tertiary/aromatic N) is 5. The van der Waals surface area contributed by atoms with Crippen molar-refractivity contribution < 1.29 is 9.18 Å². The number of halogens is 1. The molecule has 1 aromatic carbocycles. The second-order valence-corrected chi connectivity index (χ2v) is 6.97. The highest BCUT2D eigenvalue weighted by Crippen LogP contribution is 2.22. The van der Waals surface area contributed by atoms with Gasteiger partial charge in [-0.1, -0.05) is 17.3 Å². The second kappa shape index (κ2) is 6.23. The van der Waals surface area contributed by atoms with Crippen molar-refractivity contribution in [1.82, 2.24) is 24.9 Å². The van der Waals surface area contributed by atoms with Crippen molar-refractivity contribution in [1.29, 1.82) is 0 Å². The summed E-state index contributed by atoms with van der Waals surface area (Å²) in [7, 11) is 1.75. The number of carbonyl (C=O) groups is 1. The van der Waals surface area contributed by atoms with E-state index in [4.69, 9.17) is 0 Å². The molecule has 25 heavy (non-hydrogen) atoms. The minimum Gasteiger partial charge on any atom is -0.329 e. The Balaban J connectivity index is 1.93. The fourth-order valence-electron chi connectivity index (χ4n) is 2.59. The molecule has 0 aliphatic rings. The summed E-state index contributed by atoms with van der Waals surface area (Å²) in [6.07, 6.45) is 1.54. The maximum absolute atomic E-state index is 13.1. The van der Waals surface area contributed by atoms with E-state index in [9.17, 15) is 9.18 Å². The van der Waals surface area contributed by atoms with Gasteiger partial charge in [-0.2, -0.15) is 0 Å². The minimum atomic E-state index is -0.414. The van der Waals surface area contributed by atoms with Crippen LogP contribution in [-0.4, -0.2) is 36.3 Å². The third kappa shape index (κ3) is 3.50. The smallest absolute Gasteiger partial charge is 0.256 e. The molecular weight excluding hydrogens is 321 g/mol. The van der Waals surface area contributed by atoms with Crippen LogP contribution in [0, 0.1) is 5.82 Å². The average Bonchev–Trinajstić information content (AvgIpc) is 2.93. The molecule has 2 heterocycles. The second-order valence-electron chi connectivity index (χ2n) is 6.97. The van der Waals surface area contributed by atoms with Crippen molar-refractivity contribution in [3.63, 3.8) is 0 Å². The lowest BCUT2D eigenvalue weighted by atomic mass is 10.0. The van der Waals surface area contributed by atoms with E-state index in [1.165, 1.54) is 18.3 Å². The van der Waals surface area contributed by atoms with E-state index in [1.54, 1.807) is 34.8 Å². The van der Waals surface area contributed by atoms with Gasteiger partial charge >= 0.3 is 0 Å². The van der Waals surface area contributed by atoms with E-state index < -0.39 is 5.54 Å². The SMILES string of the molecule is Cn1nnc2cc(C(=O)N(Cc3ccc(F)cc3)C(C)(C)C)cnc21. The molecule has 2 aromatic heterocycles. The van der Waals surface area contributed by atoms with E-state index >= 15 is 0 Å². The lowest BCUT2D eigenvalue weighted by molar-refractivity contribution is 0.0558. The zero-order chi connectivity index (χ0) is 18.2. The zero-order valence-corrected chi connectivity index (χ0v) is 14.7. The van der Waals surface area contributed by atoms with E-state index in [1.807, 2.05) is 20.8 Å². The quantitative estimate of drug-likeness (QED) is 0.735. The summed E-state index contributed by atoms with van der Waals surface area (Å²) in [4.78, 5) is 19.1. The molecule has 0 aliphatic heterocycles. The molecule has 0 saturated carbocycles. The number of fused-ring (bicyclic) bond motifs is 1. The molecule has 0 fully saturated rings. The Labute approximate surface area is 145 Å². The van der Waals surface area contributed by atoms with Crippen molar-refractivity contribution in [2.75, 3.05) is 0 Å². The number of rotatable bonds is 3. The van der Waals surface area contributed by atoms with Gasteiger partial charge in [-0.3, -0.25) is 4.79 Å². The normalized spacial score (nSPS) is 11.7. The summed E-state index contributed by atoms with van der Waals surface area (Å²) in [5.41, 5.74) is 2.09. The standard InChI is InChI=1S/C18H20FN5O/c1-18(2,3)24(11-12-5-7-14(19)8-6-12)17(25)13-9-15-16(20-10-13)23(4)22-21-15/h5-10H,11H2,1-4H3. The highest BCUT2D eigenvalue weighted by Gasteiger charge is 2.28. The van der Waals surface area contributed by atoms with Gasteiger partial charge in [0.25, 0.3) is 5.91 Å². The third-order valence-corrected chi connectivity index (χ3v) is 4.00. The number of amides is 1. The Morgan fingerprint density at radius 3 is 2.56 bits per heavy atom. The van der Waals surface area contributed by atoms with Crippen LogP contribution in [0.2, 0.25) is 0 Å². The van der Waals surface area contributed by atoms with Crippen LogP contribution in [0.15, 0.2) is 36.5 Å². The molecule has 3 aromatic rings. The predicted octanol–water partition coefficient (Wildman–Crippen LogP) is 2.94. The van der Waals surface area contributed by atoms with Crippen LogP contribution < -0.4 is 0 Å². The molecule has 0 spiro atoms. The van der Waals surface area contributed by atoms with Crippen LogP contribution in [-0.2, 0) is 13.6 Å². The van der Waals surface area contributed by atoms with E-state index in [0.717, 1.165) is 5.56 Å². The Hall–Kier alpha value is -2.83. The van der Waals surface area contributed by atoms with Crippen molar-refractivity contribution in [2.24, 2.45) is 7.05 Å². The summed E-state index contributed by atoms with van der Waals surface area (Å²) in [5.74, 6) is -0.452. The van der Waals surface area contributed by atoms with Crippen LogP contribution in [0.4, 0.5) is 4.39 Å². The Morgan fingerprint density at radius 1 is 1.24 bits per heavy atom. The van der Waals surface area contributed by atoms with Crippen LogP contribution in [0.5, 0.6) is 0 Å². The van der Waals surface area contributed by atoms with Gasteiger partial charge < -0.3 is 4.90 Å². The minimum absolute atomic E-state index is 0.156. The number of hydrogen-bond donors (Lipinski definition) is 0. The highest BCUT2D eigenvalue weighted by atomic mass is 19.1. The van der Waals surface area contributed by atoms with E-state index in [0.29, 0.717) is 23.3 Å². The number of aromatic nitrogens is 4. The van der Waals surface area contributed by atoms with Gasteiger partial charge in [-0.15, -0.1) is 5.10 Å². The predicted molar refractivity (Wildman–Crippen MR) is 92.3 cm³/mol. The van der Waals surface area contributed by atoms with Gasteiger partial charge in [0.1, 0.15) is 11.3 Å². The number of aryl methyl sites for hydroxylation is 1. The van der Waals surface area contributed by atoms with Gasteiger partial charge in [-0.25, -0.2) is 14.1 Å². The summed E-state index contributed by atoms with van der Waals surface area (Å²) < 4.78 is 14.7. The van der Waals surface area contributed by atoms with Crippen LogP contribution in [0.3, 0.4) is 0 Å². The summed E-state index contributed by atoms with van der Waals surface area (Å²) >= 11 is 0. The van der Waals surface area contributed by atoms with Gasteiger partial charge in [0.05, 0.1) is 5.56 Å². The monoisotopic (exact) mass is 341 g/mol. The van der Waals surface area contributed by atoms with Gasteiger partial charge in [0, 0.05) is 25.3 Å². The lowest BCUT2D eigenvalue weighted by Crippen LogP contribution is -2.45. The van der Waals surface area contributed by atoms with E-state index in [-0.39, 0.29) is 11.7 Å². The van der Waals surface area contributed by atoms with Gasteiger partial charge in [-0.05, 0) is 44.5 Å². The van der Waals surface area contributed by atoms with Crippen molar-refractivity contribution >= 4 is 17.1 Å². The Morgan fingerprint density at radius 2 is 1.92 bits per heavy atom. The molecular formula is C18H20FN5O. The first-order valence-corrected chi connectivity index (χ1v) is 7.97.